The van der Waals surface area contributed by atoms with E-state index >= 15 is 0 Å². The molecule has 4 aromatic carbocycles. The highest BCUT2D eigenvalue weighted by atomic mass is 16.6. The number of fused-ring (bicyclic) bond motifs is 6. The Morgan fingerprint density at radius 3 is 1.21 bits per heavy atom. The van der Waals surface area contributed by atoms with Crippen molar-refractivity contribution in [2.24, 2.45) is 0 Å². The summed E-state index contributed by atoms with van der Waals surface area (Å²) < 4.78 is 11.2. The summed E-state index contributed by atoms with van der Waals surface area (Å²) in [5.41, 5.74) is 9.78. The van der Waals surface area contributed by atoms with Crippen molar-refractivity contribution in [1.82, 2.24) is 20.6 Å². The summed E-state index contributed by atoms with van der Waals surface area (Å²) in [7, 11) is 0. The van der Waals surface area contributed by atoms with Crippen LogP contribution in [0, 0.1) is 0 Å². The third-order valence-electron chi connectivity index (χ3n) is 13.0. The number of ether oxygens (including phenoxy) is 2. The second-order valence-corrected chi connectivity index (χ2v) is 16.8. The Hall–Kier alpha value is -7.74. The first-order valence-corrected chi connectivity index (χ1v) is 22.3. The molecule has 0 bridgehead atoms. The fraction of sp³-hybridized carbons (Fsp3) is 0.269. The molecule has 4 aliphatic rings. The third kappa shape index (κ3) is 8.99. The van der Waals surface area contributed by atoms with E-state index in [1.54, 1.807) is 36.7 Å². The molecule has 0 radical (unpaired) electrons. The molecule has 2 saturated heterocycles. The van der Waals surface area contributed by atoms with Crippen molar-refractivity contribution in [3.05, 3.63) is 167 Å². The average molecular weight is 887 g/mol. The van der Waals surface area contributed by atoms with Crippen LogP contribution >= 0.6 is 0 Å². The van der Waals surface area contributed by atoms with Gasteiger partial charge >= 0.3 is 24.1 Å². The van der Waals surface area contributed by atoms with Crippen molar-refractivity contribution in [2.75, 3.05) is 49.2 Å². The highest BCUT2D eigenvalue weighted by Gasteiger charge is 2.33. The van der Waals surface area contributed by atoms with Crippen molar-refractivity contribution in [2.45, 2.75) is 49.6 Å². The molecule has 0 saturated carbocycles. The highest BCUT2D eigenvalue weighted by molar-refractivity contribution is 5.94. The van der Waals surface area contributed by atoms with Crippen molar-refractivity contribution < 1.29 is 38.9 Å². The minimum atomic E-state index is -1.01. The lowest BCUT2D eigenvalue weighted by Crippen LogP contribution is -2.41. The number of nitrogens with zero attached hydrogens (tertiary/aromatic N) is 4. The highest BCUT2D eigenvalue weighted by Crippen LogP contribution is 2.46. The van der Waals surface area contributed by atoms with E-state index in [2.05, 4.69) is 69.1 Å². The van der Waals surface area contributed by atoms with Crippen LogP contribution in [0.25, 0.3) is 22.3 Å². The molecule has 2 aromatic heterocycles. The first kappa shape index (κ1) is 43.5. The zero-order chi connectivity index (χ0) is 45.6. The number of benzene rings is 4. The first-order valence-electron chi connectivity index (χ1n) is 22.3. The number of pyridine rings is 2. The number of hydrogen-bond acceptors (Lipinski definition) is 10. The number of aromatic carboxylic acids is 2. The van der Waals surface area contributed by atoms with Gasteiger partial charge in [-0.25, -0.2) is 29.1 Å². The Balaban J connectivity index is 0.000000166. The molecule has 14 nitrogen and oxygen atoms in total. The molecule has 0 unspecified atom stereocenters. The van der Waals surface area contributed by atoms with Crippen LogP contribution in [0.1, 0.15) is 80.5 Å². The van der Waals surface area contributed by atoms with E-state index in [0.29, 0.717) is 37.8 Å². The summed E-state index contributed by atoms with van der Waals surface area (Å²) in [6.07, 6.45) is 5.76. The summed E-state index contributed by atoms with van der Waals surface area (Å²) in [5.74, 6) is -1.10. The number of carbonyl (C=O) groups excluding carboxylic acids is 2. The van der Waals surface area contributed by atoms with Crippen molar-refractivity contribution in [3.8, 4) is 22.3 Å². The number of hydrogen-bond donors (Lipinski definition) is 4. The summed E-state index contributed by atoms with van der Waals surface area (Å²) in [6, 6.07) is 39.2. The summed E-state index contributed by atoms with van der Waals surface area (Å²) in [6.45, 7) is 2.66. The summed E-state index contributed by atoms with van der Waals surface area (Å²) >= 11 is 0. The van der Waals surface area contributed by atoms with Gasteiger partial charge in [-0.1, -0.05) is 97.1 Å². The van der Waals surface area contributed by atoms with Gasteiger partial charge in [0.1, 0.15) is 36.0 Å². The average Bonchev–Trinajstić information content (AvgIpc) is 4.16. The van der Waals surface area contributed by atoms with Crippen LogP contribution in [0.4, 0.5) is 21.2 Å². The van der Waals surface area contributed by atoms with Gasteiger partial charge in [0.15, 0.2) is 0 Å². The maximum absolute atomic E-state index is 12.5. The van der Waals surface area contributed by atoms with Crippen LogP contribution in [0.5, 0.6) is 0 Å². The van der Waals surface area contributed by atoms with Crippen molar-refractivity contribution in [3.63, 3.8) is 0 Å². The van der Waals surface area contributed by atoms with Gasteiger partial charge < -0.3 is 40.1 Å². The van der Waals surface area contributed by atoms with E-state index in [-0.39, 0.29) is 48.3 Å². The third-order valence-corrected chi connectivity index (χ3v) is 13.0. The van der Waals surface area contributed by atoms with Gasteiger partial charge in [0.05, 0.1) is 0 Å². The van der Waals surface area contributed by atoms with Crippen LogP contribution in [0.3, 0.4) is 0 Å². The first-order chi connectivity index (χ1) is 32.3. The molecule has 10 rings (SSSR count). The van der Waals surface area contributed by atoms with E-state index in [1.165, 1.54) is 44.5 Å². The number of anilines is 2. The minimum Gasteiger partial charge on any atom is -0.478 e. The molecule has 2 aliphatic carbocycles. The Morgan fingerprint density at radius 1 is 0.515 bits per heavy atom. The normalized spacial score (nSPS) is 16.8. The van der Waals surface area contributed by atoms with Gasteiger partial charge in [-0.05, 0) is 94.5 Å². The van der Waals surface area contributed by atoms with Crippen LogP contribution in [-0.2, 0) is 9.47 Å². The number of rotatable bonds is 12. The van der Waals surface area contributed by atoms with Crippen molar-refractivity contribution >= 4 is 35.8 Å². The molecule has 6 aromatic rings. The zero-order valence-electron chi connectivity index (χ0n) is 36.2. The Labute approximate surface area is 382 Å². The van der Waals surface area contributed by atoms with Gasteiger partial charge in [-0.2, -0.15) is 0 Å². The molecule has 2 fully saturated rings. The predicted octanol–water partition coefficient (Wildman–Crippen LogP) is 8.57. The van der Waals surface area contributed by atoms with E-state index in [4.69, 9.17) is 9.47 Å². The van der Waals surface area contributed by atoms with E-state index in [9.17, 15) is 29.4 Å². The largest absolute Gasteiger partial charge is 0.478 e. The van der Waals surface area contributed by atoms with Crippen LogP contribution in [0.2, 0.25) is 0 Å². The van der Waals surface area contributed by atoms with E-state index < -0.39 is 24.1 Å². The van der Waals surface area contributed by atoms with Gasteiger partial charge in [0.25, 0.3) is 0 Å². The number of carboxylic acids is 2. The summed E-state index contributed by atoms with van der Waals surface area (Å²) in [4.78, 5) is 60.8. The van der Waals surface area contributed by atoms with Crippen LogP contribution in [-0.4, -0.2) is 95.8 Å². The molecule has 2 atom stereocenters. The number of alkyl carbamates (subject to hydrolysis) is 2. The number of carbonyl (C=O) groups is 4. The molecule has 66 heavy (non-hydrogen) atoms. The van der Waals surface area contributed by atoms with Gasteiger partial charge in [0.2, 0.25) is 0 Å². The molecular formula is C52H50N6O8. The maximum atomic E-state index is 12.5. The quantitative estimate of drug-likeness (QED) is 0.0920. The Bertz CT molecular complexity index is 2490. The van der Waals surface area contributed by atoms with Gasteiger partial charge in [0, 0.05) is 62.5 Å². The number of aromatic nitrogens is 2. The Kier molecular flexibility index (Phi) is 12.9. The second-order valence-electron chi connectivity index (χ2n) is 16.8. The van der Waals surface area contributed by atoms with Crippen LogP contribution in [0.15, 0.2) is 134 Å². The second kappa shape index (κ2) is 19.6. The van der Waals surface area contributed by atoms with Crippen molar-refractivity contribution in [1.29, 1.82) is 0 Å². The Morgan fingerprint density at radius 2 is 0.864 bits per heavy atom. The lowest BCUT2D eigenvalue weighted by Gasteiger charge is -2.27. The maximum Gasteiger partial charge on any atom is 0.407 e. The molecule has 4 heterocycles. The standard InChI is InChI=1S/2C26H25N3O4/c2*30-25(31)22-12-5-13-27-24(22)29-14-6-7-17(29)15-28-26(32)33-16-23-20-10-3-1-8-18(20)19-9-2-4-11-21(19)23/h2*1-5,8-13,17,23H,6-7,14-16H2,(H,28,32)(H,30,31)/t2*17-/m10/s1. The van der Waals surface area contributed by atoms with E-state index in [1.807, 2.05) is 58.3 Å². The summed E-state index contributed by atoms with van der Waals surface area (Å²) in [5, 5.41) is 24.7. The lowest BCUT2D eigenvalue weighted by molar-refractivity contribution is 0.0686. The molecule has 2 aliphatic heterocycles. The number of amides is 2. The zero-order valence-corrected chi connectivity index (χ0v) is 36.2. The number of carboxylic acid groups (broad SMARTS) is 2. The molecule has 14 heteroatoms. The topological polar surface area (TPSA) is 184 Å². The lowest BCUT2D eigenvalue weighted by atomic mass is 9.98. The molecular weight excluding hydrogens is 837 g/mol. The number of nitrogens with one attached hydrogen (secondary N) is 2. The molecule has 2 amide bonds. The van der Waals surface area contributed by atoms with Gasteiger partial charge in [-0.15, -0.1) is 0 Å². The van der Waals surface area contributed by atoms with Crippen LogP contribution < -0.4 is 20.4 Å². The van der Waals surface area contributed by atoms with E-state index in [0.717, 1.165) is 25.7 Å². The fourth-order valence-electron chi connectivity index (χ4n) is 9.94. The fourth-order valence-corrected chi connectivity index (χ4v) is 9.94. The monoisotopic (exact) mass is 886 g/mol. The molecule has 0 spiro atoms. The smallest absolute Gasteiger partial charge is 0.407 e. The molecule has 336 valence electrons. The van der Waals surface area contributed by atoms with Gasteiger partial charge in [-0.3, -0.25) is 0 Å². The SMILES string of the molecule is O=C(NC[C@@H]1CCCN1c1ncccc1C(=O)O)OCC1c2ccccc2-c2ccccc21.O=C(NC[C@H]1CCCN1c1ncccc1C(=O)O)OCC1c2ccccc2-c2ccccc21. The molecule has 4 N–H and O–H groups in total. The minimum absolute atomic E-state index is 0.0118. The predicted molar refractivity (Wildman–Crippen MR) is 249 cm³/mol.